The number of urea groups is 1. The molecular formula is C16H21N5O3. The second-order valence-corrected chi connectivity index (χ2v) is 5.32. The highest BCUT2D eigenvalue weighted by Crippen LogP contribution is 2.26. The third-order valence-electron chi connectivity index (χ3n) is 3.24. The lowest BCUT2D eigenvalue weighted by Gasteiger charge is -2.16. The maximum atomic E-state index is 12.2. The van der Waals surface area contributed by atoms with Crippen molar-refractivity contribution in [2.45, 2.75) is 33.4 Å². The summed E-state index contributed by atoms with van der Waals surface area (Å²) in [6, 6.07) is 4.41. The molecule has 0 saturated heterocycles. The first-order valence-electron chi connectivity index (χ1n) is 7.67. The maximum Gasteiger partial charge on any atom is 0.319 e. The average Bonchev–Trinajstić information content (AvgIpc) is 3.01. The molecule has 0 aliphatic rings. The van der Waals surface area contributed by atoms with E-state index in [1.807, 2.05) is 13.8 Å². The molecule has 1 heterocycles. The molecule has 0 bridgehead atoms. The minimum atomic E-state index is -0.385. The van der Waals surface area contributed by atoms with Crippen LogP contribution < -0.4 is 15.4 Å². The van der Waals surface area contributed by atoms with E-state index in [2.05, 4.69) is 20.7 Å². The number of carbonyl (C=O) groups excluding carboxylic acids is 2. The number of anilines is 1. The molecule has 24 heavy (non-hydrogen) atoms. The van der Waals surface area contributed by atoms with Crippen molar-refractivity contribution in [3.05, 3.63) is 36.4 Å². The molecule has 8 nitrogen and oxygen atoms in total. The highest BCUT2D eigenvalue weighted by molar-refractivity contribution is 5.97. The standard InChI is InChI=1S/C16H21N5O3/c1-4-24-15-6-5-13(12(3)22)7-14(15)20-16(23)19-11(2)8-21-10-17-9-18-21/h5-7,9-11H,4,8H2,1-3H3,(H2,19,20,23)/t11-/m1/s1. The lowest BCUT2D eigenvalue weighted by Crippen LogP contribution is -2.38. The van der Waals surface area contributed by atoms with Gasteiger partial charge in [0.05, 0.1) is 18.8 Å². The molecule has 1 aromatic carbocycles. The number of aromatic nitrogens is 3. The number of rotatable bonds is 7. The molecule has 0 radical (unpaired) electrons. The number of amides is 2. The summed E-state index contributed by atoms with van der Waals surface area (Å²) in [7, 11) is 0. The van der Waals surface area contributed by atoms with Gasteiger partial charge in [-0.2, -0.15) is 5.10 Å². The van der Waals surface area contributed by atoms with Crippen LogP contribution in [0.15, 0.2) is 30.9 Å². The molecule has 2 rings (SSSR count). The van der Waals surface area contributed by atoms with Crippen LogP contribution in [0.3, 0.4) is 0 Å². The van der Waals surface area contributed by atoms with Crippen molar-refractivity contribution in [2.24, 2.45) is 0 Å². The van der Waals surface area contributed by atoms with Crippen molar-refractivity contribution in [1.82, 2.24) is 20.1 Å². The van der Waals surface area contributed by atoms with Gasteiger partial charge in [0.15, 0.2) is 5.78 Å². The summed E-state index contributed by atoms with van der Waals surface area (Å²) in [5.41, 5.74) is 0.958. The molecule has 128 valence electrons. The van der Waals surface area contributed by atoms with Gasteiger partial charge in [-0.1, -0.05) is 0 Å². The molecule has 2 N–H and O–H groups in total. The number of benzene rings is 1. The number of hydrogen-bond donors (Lipinski definition) is 2. The Morgan fingerprint density at radius 1 is 1.38 bits per heavy atom. The van der Waals surface area contributed by atoms with Gasteiger partial charge in [-0.3, -0.25) is 9.48 Å². The highest BCUT2D eigenvalue weighted by atomic mass is 16.5. The highest BCUT2D eigenvalue weighted by Gasteiger charge is 2.13. The van der Waals surface area contributed by atoms with Gasteiger partial charge in [-0.05, 0) is 39.0 Å². The van der Waals surface area contributed by atoms with Gasteiger partial charge in [0, 0.05) is 11.6 Å². The molecule has 8 heteroatoms. The summed E-state index contributed by atoms with van der Waals surface area (Å²) >= 11 is 0. The van der Waals surface area contributed by atoms with Gasteiger partial charge >= 0.3 is 6.03 Å². The molecule has 1 atom stereocenters. The quantitative estimate of drug-likeness (QED) is 0.757. The predicted octanol–water partition coefficient (Wildman–Crippen LogP) is 2.09. The Morgan fingerprint density at radius 3 is 2.79 bits per heavy atom. The van der Waals surface area contributed by atoms with E-state index in [0.717, 1.165) is 0 Å². The summed E-state index contributed by atoms with van der Waals surface area (Å²) < 4.78 is 7.12. The van der Waals surface area contributed by atoms with Crippen molar-refractivity contribution < 1.29 is 14.3 Å². The summed E-state index contributed by atoms with van der Waals surface area (Å²) in [6.45, 7) is 6.14. The van der Waals surface area contributed by atoms with Crippen LogP contribution in [0.2, 0.25) is 0 Å². The summed E-state index contributed by atoms with van der Waals surface area (Å²) in [5.74, 6) is 0.433. The number of nitrogens with one attached hydrogen (secondary N) is 2. The van der Waals surface area contributed by atoms with Gasteiger partial charge in [0.1, 0.15) is 18.4 Å². The van der Waals surface area contributed by atoms with E-state index in [1.54, 1.807) is 29.2 Å². The Kier molecular flexibility index (Phi) is 5.89. The van der Waals surface area contributed by atoms with Gasteiger partial charge in [0.2, 0.25) is 0 Å². The first-order valence-corrected chi connectivity index (χ1v) is 7.67. The molecular weight excluding hydrogens is 310 g/mol. The van der Waals surface area contributed by atoms with E-state index in [1.165, 1.54) is 13.3 Å². The topological polar surface area (TPSA) is 98.1 Å². The zero-order chi connectivity index (χ0) is 17.5. The van der Waals surface area contributed by atoms with Crippen molar-refractivity contribution in [3.63, 3.8) is 0 Å². The molecule has 0 unspecified atom stereocenters. The van der Waals surface area contributed by atoms with Gasteiger partial charge < -0.3 is 15.4 Å². The number of ketones is 1. The van der Waals surface area contributed by atoms with Crippen molar-refractivity contribution in [3.8, 4) is 5.75 Å². The molecule has 0 saturated carbocycles. The molecule has 1 aromatic heterocycles. The number of ether oxygens (including phenoxy) is 1. The van der Waals surface area contributed by atoms with E-state index in [-0.39, 0.29) is 17.9 Å². The van der Waals surface area contributed by atoms with Crippen molar-refractivity contribution in [2.75, 3.05) is 11.9 Å². The number of hydrogen-bond acceptors (Lipinski definition) is 5. The molecule has 0 aliphatic carbocycles. The number of Topliss-reactive ketones (excluding diaryl/α,β-unsaturated/α-hetero) is 1. The fourth-order valence-corrected chi connectivity index (χ4v) is 2.16. The Morgan fingerprint density at radius 2 is 2.17 bits per heavy atom. The first kappa shape index (κ1) is 17.5. The predicted molar refractivity (Wildman–Crippen MR) is 89.3 cm³/mol. The van der Waals surface area contributed by atoms with Crippen LogP contribution in [0.5, 0.6) is 5.75 Å². The molecule has 0 spiro atoms. The third-order valence-corrected chi connectivity index (χ3v) is 3.24. The maximum absolute atomic E-state index is 12.2. The van der Waals surface area contributed by atoms with Gasteiger partial charge in [-0.15, -0.1) is 0 Å². The van der Waals surface area contributed by atoms with Crippen molar-refractivity contribution >= 4 is 17.5 Å². The summed E-state index contributed by atoms with van der Waals surface area (Å²) in [6.07, 6.45) is 3.02. The summed E-state index contributed by atoms with van der Waals surface area (Å²) in [5, 5.41) is 9.53. The fraction of sp³-hybridized carbons (Fsp3) is 0.375. The normalized spacial score (nSPS) is 11.6. The SMILES string of the molecule is CCOc1ccc(C(C)=O)cc1NC(=O)N[C@H](C)Cn1cncn1. The Labute approximate surface area is 140 Å². The van der Waals surface area contributed by atoms with Crippen LogP contribution in [0.4, 0.5) is 10.5 Å². The number of nitrogens with zero attached hydrogens (tertiary/aromatic N) is 3. The lowest BCUT2D eigenvalue weighted by atomic mass is 10.1. The largest absolute Gasteiger partial charge is 0.492 e. The second-order valence-electron chi connectivity index (χ2n) is 5.32. The van der Waals surface area contributed by atoms with E-state index in [4.69, 9.17) is 4.74 Å². The van der Waals surface area contributed by atoms with Crippen LogP contribution in [0, 0.1) is 0 Å². The average molecular weight is 331 g/mol. The molecule has 0 fully saturated rings. The van der Waals surface area contributed by atoms with E-state index in [9.17, 15) is 9.59 Å². The number of carbonyl (C=O) groups is 2. The molecule has 0 aliphatic heterocycles. The van der Waals surface area contributed by atoms with Crippen LogP contribution in [-0.2, 0) is 6.54 Å². The van der Waals surface area contributed by atoms with Gasteiger partial charge in [0.25, 0.3) is 0 Å². The van der Waals surface area contributed by atoms with Crippen LogP contribution in [-0.4, -0.2) is 39.2 Å². The van der Waals surface area contributed by atoms with Crippen molar-refractivity contribution in [1.29, 1.82) is 0 Å². The Bertz CT molecular complexity index is 700. The zero-order valence-corrected chi connectivity index (χ0v) is 13.9. The fourth-order valence-electron chi connectivity index (χ4n) is 2.16. The molecule has 2 aromatic rings. The van der Waals surface area contributed by atoms with Crippen LogP contribution in [0.25, 0.3) is 0 Å². The third kappa shape index (κ3) is 4.80. The minimum absolute atomic E-state index is 0.0824. The van der Waals surface area contributed by atoms with E-state index in [0.29, 0.717) is 30.2 Å². The Hall–Kier alpha value is -2.90. The smallest absolute Gasteiger partial charge is 0.319 e. The van der Waals surface area contributed by atoms with Crippen LogP contribution in [0.1, 0.15) is 31.1 Å². The Balaban J connectivity index is 2.03. The second kappa shape index (κ2) is 8.09. The first-order chi connectivity index (χ1) is 11.5. The van der Waals surface area contributed by atoms with E-state index >= 15 is 0 Å². The lowest BCUT2D eigenvalue weighted by molar-refractivity contribution is 0.101. The van der Waals surface area contributed by atoms with E-state index < -0.39 is 0 Å². The minimum Gasteiger partial charge on any atom is -0.492 e. The van der Waals surface area contributed by atoms with Crippen LogP contribution >= 0.6 is 0 Å². The zero-order valence-electron chi connectivity index (χ0n) is 13.9. The van der Waals surface area contributed by atoms with Gasteiger partial charge in [-0.25, -0.2) is 9.78 Å². The monoisotopic (exact) mass is 331 g/mol. The molecule has 2 amide bonds. The summed E-state index contributed by atoms with van der Waals surface area (Å²) in [4.78, 5) is 27.6.